The van der Waals surface area contributed by atoms with Crippen molar-refractivity contribution in [3.05, 3.63) is 59.2 Å². The first-order valence-corrected chi connectivity index (χ1v) is 13.6. The summed E-state index contributed by atoms with van der Waals surface area (Å²) in [6.45, 7) is 4.25. The molecule has 0 nitrogen and oxygen atoms in total. The molecular weight excluding hydrogens is 410 g/mol. The molecular formula is C31H42F2. The first-order chi connectivity index (χ1) is 16.1. The molecule has 2 heteroatoms. The van der Waals surface area contributed by atoms with Crippen LogP contribution >= 0.6 is 0 Å². The number of benzene rings is 2. The molecule has 0 aromatic heterocycles. The predicted octanol–water partition coefficient (Wildman–Crippen LogP) is 9.90. The normalized spacial score (nSPS) is 25.6. The predicted molar refractivity (Wildman–Crippen MR) is 137 cm³/mol. The minimum Gasteiger partial charge on any atom is -0.207 e. The van der Waals surface area contributed by atoms with E-state index in [0.717, 1.165) is 48.0 Å². The number of allylic oxidation sites excluding steroid dienone is 2. The van der Waals surface area contributed by atoms with E-state index in [1.165, 1.54) is 63.9 Å². The zero-order valence-corrected chi connectivity index (χ0v) is 20.7. The molecule has 33 heavy (non-hydrogen) atoms. The summed E-state index contributed by atoms with van der Waals surface area (Å²) in [4.78, 5) is 0. The van der Waals surface area contributed by atoms with E-state index < -0.39 is 0 Å². The number of unbranched alkanes of at least 4 members (excludes halogenated alkanes) is 3. The Hall–Kier alpha value is -1.70. The van der Waals surface area contributed by atoms with Crippen molar-refractivity contribution >= 4 is 10.8 Å². The van der Waals surface area contributed by atoms with E-state index in [-0.39, 0.29) is 17.6 Å². The molecule has 0 heterocycles. The number of fused-ring (bicyclic) bond motifs is 2. The van der Waals surface area contributed by atoms with E-state index >= 15 is 4.39 Å². The van der Waals surface area contributed by atoms with Gasteiger partial charge in [0.2, 0.25) is 0 Å². The van der Waals surface area contributed by atoms with E-state index in [1.807, 2.05) is 37.3 Å². The summed E-state index contributed by atoms with van der Waals surface area (Å²) in [7, 11) is 0. The Morgan fingerprint density at radius 3 is 2.58 bits per heavy atom. The van der Waals surface area contributed by atoms with Gasteiger partial charge in [-0.05, 0) is 104 Å². The molecule has 0 bridgehead atoms. The van der Waals surface area contributed by atoms with Crippen LogP contribution in [0.2, 0.25) is 0 Å². The molecule has 180 valence electrons. The smallest absolute Gasteiger partial charge is 0.134 e. The summed E-state index contributed by atoms with van der Waals surface area (Å²) in [6.07, 6.45) is 19.9. The van der Waals surface area contributed by atoms with E-state index in [1.54, 1.807) is 0 Å². The molecule has 0 radical (unpaired) electrons. The lowest BCUT2D eigenvalue weighted by Crippen LogP contribution is -2.30. The van der Waals surface area contributed by atoms with E-state index in [2.05, 4.69) is 6.92 Å². The van der Waals surface area contributed by atoms with Crippen molar-refractivity contribution in [3.8, 4) is 0 Å². The van der Waals surface area contributed by atoms with Crippen LogP contribution in [-0.2, 0) is 6.42 Å². The maximum absolute atomic E-state index is 15.6. The number of aryl methyl sites for hydroxylation is 1. The summed E-state index contributed by atoms with van der Waals surface area (Å²) in [6, 6.07) is 7.30. The van der Waals surface area contributed by atoms with Crippen molar-refractivity contribution in [2.75, 3.05) is 0 Å². The van der Waals surface area contributed by atoms with Gasteiger partial charge in [0.1, 0.15) is 11.6 Å². The fourth-order valence-corrected chi connectivity index (χ4v) is 6.68. The molecule has 2 aliphatic carbocycles. The SMILES string of the molecule is C/C=C/CCc1cc2ccc(C3CCC4CC(CCCCCC)CCC4C3)c(F)c2cc1F. The van der Waals surface area contributed by atoms with Crippen LogP contribution in [0.25, 0.3) is 10.8 Å². The summed E-state index contributed by atoms with van der Waals surface area (Å²) < 4.78 is 30.3. The molecule has 0 spiro atoms. The molecule has 2 fully saturated rings. The molecule has 0 aliphatic heterocycles. The van der Waals surface area contributed by atoms with Gasteiger partial charge in [-0.3, -0.25) is 0 Å². The first-order valence-electron chi connectivity index (χ1n) is 13.6. The van der Waals surface area contributed by atoms with Crippen molar-refractivity contribution < 1.29 is 8.78 Å². The van der Waals surface area contributed by atoms with Gasteiger partial charge < -0.3 is 0 Å². The highest BCUT2D eigenvalue weighted by atomic mass is 19.1. The van der Waals surface area contributed by atoms with Crippen LogP contribution in [0.4, 0.5) is 8.78 Å². The number of rotatable bonds is 9. The maximum atomic E-state index is 15.6. The van der Waals surface area contributed by atoms with Gasteiger partial charge in [-0.2, -0.15) is 0 Å². The third-order valence-electron chi connectivity index (χ3n) is 8.59. The highest BCUT2D eigenvalue weighted by Crippen LogP contribution is 2.49. The molecule has 4 rings (SSSR count). The Balaban J connectivity index is 1.42. The van der Waals surface area contributed by atoms with Crippen LogP contribution in [0.1, 0.15) is 108 Å². The van der Waals surface area contributed by atoms with Crippen LogP contribution in [0.5, 0.6) is 0 Å². The molecule has 2 aromatic carbocycles. The highest BCUT2D eigenvalue weighted by molar-refractivity contribution is 5.85. The van der Waals surface area contributed by atoms with Crippen LogP contribution in [0.3, 0.4) is 0 Å². The summed E-state index contributed by atoms with van der Waals surface area (Å²) in [5.74, 6) is 2.34. The molecule has 0 amide bonds. The molecule has 2 aromatic rings. The Kier molecular flexibility index (Phi) is 8.61. The van der Waals surface area contributed by atoms with E-state index in [9.17, 15) is 4.39 Å². The topological polar surface area (TPSA) is 0 Å². The maximum Gasteiger partial charge on any atom is 0.134 e. The Morgan fingerprint density at radius 1 is 0.939 bits per heavy atom. The lowest BCUT2D eigenvalue weighted by atomic mass is 9.63. The summed E-state index contributed by atoms with van der Waals surface area (Å²) in [5.41, 5.74) is 1.50. The Bertz CT molecular complexity index is 944. The van der Waals surface area contributed by atoms with Crippen molar-refractivity contribution in [3.63, 3.8) is 0 Å². The third-order valence-corrected chi connectivity index (χ3v) is 8.59. The second-order valence-corrected chi connectivity index (χ2v) is 10.8. The minimum atomic E-state index is -0.274. The van der Waals surface area contributed by atoms with Gasteiger partial charge in [-0.25, -0.2) is 8.78 Å². The second-order valence-electron chi connectivity index (χ2n) is 10.8. The molecule has 2 saturated carbocycles. The fourth-order valence-electron chi connectivity index (χ4n) is 6.68. The van der Waals surface area contributed by atoms with Gasteiger partial charge in [-0.1, -0.05) is 69.7 Å². The van der Waals surface area contributed by atoms with E-state index in [0.29, 0.717) is 17.4 Å². The first kappa shape index (κ1) is 24.4. The van der Waals surface area contributed by atoms with Gasteiger partial charge in [0, 0.05) is 5.39 Å². The zero-order chi connectivity index (χ0) is 23.2. The lowest BCUT2D eigenvalue weighted by Gasteiger charge is -2.42. The molecule has 4 atom stereocenters. The quantitative estimate of drug-likeness (QED) is 0.262. The Labute approximate surface area is 199 Å². The monoisotopic (exact) mass is 452 g/mol. The number of halogens is 2. The van der Waals surface area contributed by atoms with Crippen LogP contribution < -0.4 is 0 Å². The third kappa shape index (κ3) is 5.87. The van der Waals surface area contributed by atoms with Crippen LogP contribution in [0.15, 0.2) is 36.4 Å². The summed E-state index contributed by atoms with van der Waals surface area (Å²) in [5, 5.41) is 1.28. The van der Waals surface area contributed by atoms with Crippen LogP contribution in [-0.4, -0.2) is 0 Å². The number of hydrogen-bond donors (Lipinski definition) is 0. The highest BCUT2D eigenvalue weighted by Gasteiger charge is 2.36. The van der Waals surface area contributed by atoms with Gasteiger partial charge in [-0.15, -0.1) is 0 Å². The second kappa shape index (κ2) is 11.6. The standard InChI is InChI=1S/C31H42F2/c1-3-5-7-9-10-22-12-13-24-19-25(15-14-23(24)18-22)28-17-16-26-20-27(11-8-6-4-2)30(32)21-29(26)31(28)33/h4,6,16-17,20-25H,3,5,7-15,18-19H2,1-2H3/b6-4+. The largest absolute Gasteiger partial charge is 0.207 e. The van der Waals surface area contributed by atoms with Crippen molar-refractivity contribution in [1.29, 1.82) is 0 Å². The van der Waals surface area contributed by atoms with Gasteiger partial charge >= 0.3 is 0 Å². The lowest BCUT2D eigenvalue weighted by molar-refractivity contribution is 0.112. The average Bonchev–Trinajstić information content (AvgIpc) is 2.83. The summed E-state index contributed by atoms with van der Waals surface area (Å²) >= 11 is 0. The average molecular weight is 453 g/mol. The van der Waals surface area contributed by atoms with Gasteiger partial charge in [0.15, 0.2) is 0 Å². The van der Waals surface area contributed by atoms with Gasteiger partial charge in [0.05, 0.1) is 0 Å². The van der Waals surface area contributed by atoms with Crippen molar-refractivity contribution in [2.45, 2.75) is 103 Å². The molecule has 2 aliphatic rings. The van der Waals surface area contributed by atoms with Crippen LogP contribution in [0, 0.1) is 29.4 Å². The number of hydrogen-bond acceptors (Lipinski definition) is 0. The molecule has 0 N–H and O–H groups in total. The molecule has 0 saturated heterocycles. The van der Waals surface area contributed by atoms with Gasteiger partial charge in [0.25, 0.3) is 0 Å². The van der Waals surface area contributed by atoms with E-state index in [4.69, 9.17) is 0 Å². The molecule has 4 unspecified atom stereocenters. The zero-order valence-electron chi connectivity index (χ0n) is 20.7. The Morgan fingerprint density at radius 2 is 1.76 bits per heavy atom. The van der Waals surface area contributed by atoms with Crippen molar-refractivity contribution in [2.24, 2.45) is 17.8 Å². The minimum absolute atomic E-state index is 0.181. The van der Waals surface area contributed by atoms with Crippen molar-refractivity contribution in [1.82, 2.24) is 0 Å². The fraction of sp³-hybridized carbons (Fsp3) is 0.613.